The fraction of sp³-hybridized carbons (Fsp3) is 0.389. The van der Waals surface area contributed by atoms with Crippen molar-refractivity contribution in [2.75, 3.05) is 5.32 Å². The minimum absolute atomic E-state index is 0.00301. The zero-order chi connectivity index (χ0) is 19.0. The third-order valence-corrected chi connectivity index (χ3v) is 5.47. The molecule has 1 N–H and O–H groups in total. The molecular formula is C18H19N5O3S. The van der Waals surface area contributed by atoms with Gasteiger partial charge in [0.1, 0.15) is 5.00 Å². The number of hydrogen-bond donors (Lipinski definition) is 1. The largest absolute Gasteiger partial charge is 0.459 e. The smallest absolute Gasteiger partial charge is 0.341 e. The second-order valence-corrected chi connectivity index (χ2v) is 7.73. The second kappa shape index (κ2) is 7.07. The maximum absolute atomic E-state index is 12.7. The van der Waals surface area contributed by atoms with Crippen LogP contribution in [0.4, 0.5) is 5.00 Å². The molecule has 3 aromatic rings. The first-order valence-electron chi connectivity index (χ1n) is 8.87. The Morgan fingerprint density at radius 3 is 2.89 bits per heavy atom. The monoisotopic (exact) mass is 385 g/mol. The average molecular weight is 385 g/mol. The number of rotatable bonds is 4. The molecule has 9 heteroatoms. The quantitative estimate of drug-likeness (QED) is 0.694. The van der Waals surface area contributed by atoms with Crippen LogP contribution in [-0.2, 0) is 17.6 Å². The number of aryl methyl sites for hydroxylation is 1. The van der Waals surface area contributed by atoms with Crippen molar-refractivity contribution in [2.24, 2.45) is 0 Å². The molecule has 1 aliphatic rings. The first-order valence-corrected chi connectivity index (χ1v) is 9.69. The van der Waals surface area contributed by atoms with Gasteiger partial charge < -0.3 is 10.1 Å². The Balaban J connectivity index is 1.67. The topological polar surface area (TPSA) is 98.5 Å². The molecule has 0 saturated carbocycles. The predicted molar refractivity (Wildman–Crippen MR) is 100 cm³/mol. The summed E-state index contributed by atoms with van der Waals surface area (Å²) in [6, 6.07) is 1.71. The molecule has 140 valence electrons. The summed E-state index contributed by atoms with van der Waals surface area (Å²) in [5, 5.41) is 7.45. The van der Waals surface area contributed by atoms with E-state index in [9.17, 15) is 9.59 Å². The van der Waals surface area contributed by atoms with Gasteiger partial charge in [-0.25, -0.2) is 14.3 Å². The van der Waals surface area contributed by atoms with Gasteiger partial charge in [-0.1, -0.05) is 0 Å². The number of carbonyl (C=O) groups excluding carboxylic acids is 2. The SMILES string of the molecule is CC(C)OC(=O)c1c(NC(=O)c2nc3ncccn3n2)sc2c1CCCC2. The fourth-order valence-corrected chi connectivity index (χ4v) is 4.40. The average Bonchev–Trinajstić information content (AvgIpc) is 3.22. The van der Waals surface area contributed by atoms with Gasteiger partial charge >= 0.3 is 5.97 Å². The van der Waals surface area contributed by atoms with Crippen molar-refractivity contribution in [3.8, 4) is 0 Å². The van der Waals surface area contributed by atoms with Gasteiger partial charge in [0.25, 0.3) is 11.7 Å². The lowest BCUT2D eigenvalue weighted by Crippen LogP contribution is -2.18. The Kier molecular flexibility index (Phi) is 4.61. The summed E-state index contributed by atoms with van der Waals surface area (Å²) < 4.78 is 6.84. The summed E-state index contributed by atoms with van der Waals surface area (Å²) in [6.45, 7) is 3.62. The lowest BCUT2D eigenvalue weighted by molar-refractivity contribution is 0.0378. The van der Waals surface area contributed by atoms with Gasteiger partial charge in [-0.05, 0) is 51.2 Å². The minimum Gasteiger partial charge on any atom is -0.459 e. The van der Waals surface area contributed by atoms with Crippen molar-refractivity contribution in [1.29, 1.82) is 0 Å². The number of amides is 1. The summed E-state index contributed by atoms with van der Waals surface area (Å²) in [4.78, 5) is 34.7. The maximum Gasteiger partial charge on any atom is 0.341 e. The molecule has 1 amide bonds. The van der Waals surface area contributed by atoms with Crippen LogP contribution in [-0.4, -0.2) is 37.6 Å². The number of ether oxygens (including phenoxy) is 1. The molecule has 0 aromatic carbocycles. The van der Waals surface area contributed by atoms with Gasteiger partial charge in [0.2, 0.25) is 5.82 Å². The minimum atomic E-state index is -0.474. The van der Waals surface area contributed by atoms with Gasteiger partial charge in [0.05, 0.1) is 11.7 Å². The van der Waals surface area contributed by atoms with E-state index in [0.717, 1.165) is 36.1 Å². The number of esters is 1. The van der Waals surface area contributed by atoms with Crippen LogP contribution in [0.25, 0.3) is 5.78 Å². The predicted octanol–water partition coefficient (Wildman–Crippen LogP) is 2.88. The molecule has 4 rings (SSSR count). The lowest BCUT2D eigenvalue weighted by atomic mass is 9.95. The van der Waals surface area contributed by atoms with Gasteiger partial charge in [0.15, 0.2) is 0 Å². The highest BCUT2D eigenvalue weighted by molar-refractivity contribution is 7.17. The summed E-state index contributed by atoms with van der Waals surface area (Å²) in [5.74, 6) is -0.530. The number of aromatic nitrogens is 4. The molecule has 0 spiro atoms. The van der Waals surface area contributed by atoms with Gasteiger partial charge in [-0.2, -0.15) is 4.98 Å². The first-order chi connectivity index (χ1) is 13.0. The Morgan fingerprint density at radius 2 is 2.11 bits per heavy atom. The van der Waals surface area contributed by atoms with E-state index in [4.69, 9.17) is 4.74 Å². The second-order valence-electron chi connectivity index (χ2n) is 6.62. The molecule has 0 unspecified atom stereocenters. The number of anilines is 1. The molecule has 0 saturated heterocycles. The van der Waals surface area contributed by atoms with Crippen molar-refractivity contribution in [3.05, 3.63) is 40.3 Å². The first kappa shape index (κ1) is 17.6. The Labute approximate surface area is 159 Å². The van der Waals surface area contributed by atoms with E-state index >= 15 is 0 Å². The van der Waals surface area contributed by atoms with E-state index in [0.29, 0.717) is 16.3 Å². The molecule has 27 heavy (non-hydrogen) atoms. The van der Waals surface area contributed by atoms with E-state index in [1.54, 1.807) is 18.5 Å². The summed E-state index contributed by atoms with van der Waals surface area (Å²) in [7, 11) is 0. The summed E-state index contributed by atoms with van der Waals surface area (Å²) >= 11 is 1.44. The number of nitrogens with one attached hydrogen (secondary N) is 1. The van der Waals surface area contributed by atoms with Crippen LogP contribution < -0.4 is 5.32 Å². The van der Waals surface area contributed by atoms with Crippen molar-refractivity contribution in [1.82, 2.24) is 19.6 Å². The number of nitrogens with zero attached hydrogens (tertiary/aromatic N) is 4. The highest BCUT2D eigenvalue weighted by Gasteiger charge is 2.28. The summed E-state index contributed by atoms with van der Waals surface area (Å²) in [6.07, 6.45) is 6.86. The van der Waals surface area contributed by atoms with Gasteiger partial charge in [-0.15, -0.1) is 16.4 Å². The van der Waals surface area contributed by atoms with E-state index in [2.05, 4.69) is 20.4 Å². The normalized spacial score (nSPS) is 13.6. The van der Waals surface area contributed by atoms with Crippen LogP contribution in [0.1, 0.15) is 58.1 Å². The van der Waals surface area contributed by atoms with Crippen LogP contribution in [0, 0.1) is 0 Å². The van der Waals surface area contributed by atoms with E-state index in [-0.39, 0.29) is 11.9 Å². The maximum atomic E-state index is 12.7. The molecule has 0 bridgehead atoms. The van der Waals surface area contributed by atoms with Crippen LogP contribution in [0.2, 0.25) is 0 Å². The Hall–Kier alpha value is -2.81. The van der Waals surface area contributed by atoms with Crippen LogP contribution in [0.5, 0.6) is 0 Å². The Morgan fingerprint density at radius 1 is 1.30 bits per heavy atom. The molecule has 3 heterocycles. The molecule has 0 atom stereocenters. The van der Waals surface area contributed by atoms with Crippen LogP contribution in [0.15, 0.2) is 18.5 Å². The van der Waals surface area contributed by atoms with E-state index < -0.39 is 11.9 Å². The lowest BCUT2D eigenvalue weighted by Gasteiger charge is -2.14. The summed E-state index contributed by atoms with van der Waals surface area (Å²) in [5.41, 5.74) is 1.47. The zero-order valence-electron chi connectivity index (χ0n) is 15.1. The molecule has 3 aromatic heterocycles. The molecule has 0 radical (unpaired) electrons. The third-order valence-electron chi connectivity index (χ3n) is 4.26. The number of fused-ring (bicyclic) bond motifs is 2. The Bertz CT molecular complexity index is 990. The highest BCUT2D eigenvalue weighted by Crippen LogP contribution is 2.38. The number of carbonyl (C=O) groups is 2. The third kappa shape index (κ3) is 3.42. The number of thiophene rings is 1. The number of hydrogen-bond acceptors (Lipinski definition) is 7. The molecule has 0 fully saturated rings. The molecule has 1 aliphatic carbocycles. The van der Waals surface area contributed by atoms with Crippen molar-refractivity contribution >= 4 is 34.0 Å². The van der Waals surface area contributed by atoms with Crippen molar-refractivity contribution in [3.63, 3.8) is 0 Å². The molecule has 0 aliphatic heterocycles. The van der Waals surface area contributed by atoms with Crippen LogP contribution in [0.3, 0.4) is 0 Å². The molecular weight excluding hydrogens is 366 g/mol. The van der Waals surface area contributed by atoms with Crippen LogP contribution >= 0.6 is 11.3 Å². The van der Waals surface area contributed by atoms with Crippen molar-refractivity contribution in [2.45, 2.75) is 45.6 Å². The zero-order valence-corrected chi connectivity index (χ0v) is 15.9. The van der Waals surface area contributed by atoms with Gasteiger partial charge in [-0.3, -0.25) is 4.79 Å². The standard InChI is InChI=1S/C18H19N5O3S/c1-10(2)26-17(25)13-11-6-3-4-7-12(11)27-16(13)21-15(24)14-20-18-19-8-5-9-23(18)22-14/h5,8-10H,3-4,6-7H2,1-2H3,(H,21,24). The van der Waals surface area contributed by atoms with E-state index in [1.807, 2.05) is 13.8 Å². The fourth-order valence-electron chi connectivity index (χ4n) is 3.13. The van der Waals surface area contributed by atoms with Gasteiger partial charge in [0, 0.05) is 17.3 Å². The van der Waals surface area contributed by atoms with E-state index in [1.165, 1.54) is 15.9 Å². The molecule has 8 nitrogen and oxygen atoms in total. The highest BCUT2D eigenvalue weighted by atomic mass is 32.1. The van der Waals surface area contributed by atoms with Crippen molar-refractivity contribution < 1.29 is 14.3 Å².